The van der Waals surface area contributed by atoms with Crippen molar-refractivity contribution in [3.8, 4) is 0 Å². The van der Waals surface area contributed by atoms with Gasteiger partial charge in [-0.15, -0.1) is 0 Å². The number of hydrogen-bond donors (Lipinski definition) is 1. The van der Waals surface area contributed by atoms with Crippen LogP contribution in [0.1, 0.15) is 5.56 Å². The summed E-state index contributed by atoms with van der Waals surface area (Å²) >= 11 is 1.33. The monoisotopic (exact) mass is 396 g/mol. The Morgan fingerprint density at radius 2 is 1.81 bits per heavy atom. The standard InChI is InChI=1S/C20H16N2O3S2/c1-13-6-9-17-18(10-13)26-20(21-17)22-19(23)12-27(24,25)16-8-7-14-4-2-3-5-15(14)11-16/h2-11H,12H2,1H3,(H,21,22,23). The lowest BCUT2D eigenvalue weighted by Gasteiger charge is -2.06. The molecule has 1 N–H and O–H groups in total. The molecule has 5 nitrogen and oxygen atoms in total. The number of fused-ring (bicyclic) bond motifs is 2. The average molecular weight is 396 g/mol. The van der Waals surface area contributed by atoms with Crippen LogP contribution in [0.5, 0.6) is 0 Å². The summed E-state index contributed by atoms with van der Waals surface area (Å²) in [6.45, 7) is 1.98. The molecule has 0 atom stereocenters. The number of carbonyl (C=O) groups excluding carboxylic acids is 1. The van der Waals surface area contributed by atoms with Crippen molar-refractivity contribution in [2.45, 2.75) is 11.8 Å². The normalized spacial score (nSPS) is 11.7. The molecule has 1 aromatic heterocycles. The van der Waals surface area contributed by atoms with Crippen LogP contribution in [-0.2, 0) is 14.6 Å². The van der Waals surface area contributed by atoms with Crippen molar-refractivity contribution in [2.75, 3.05) is 11.1 Å². The molecule has 1 heterocycles. The van der Waals surface area contributed by atoms with Gasteiger partial charge in [0.25, 0.3) is 0 Å². The van der Waals surface area contributed by atoms with Crippen molar-refractivity contribution in [3.05, 3.63) is 66.2 Å². The number of thiazole rings is 1. The molecule has 0 spiro atoms. The molecular formula is C20H16N2O3S2. The van der Waals surface area contributed by atoms with Gasteiger partial charge in [0.15, 0.2) is 15.0 Å². The quantitative estimate of drug-likeness (QED) is 0.562. The largest absolute Gasteiger partial charge is 0.301 e. The van der Waals surface area contributed by atoms with Gasteiger partial charge in [0.1, 0.15) is 5.75 Å². The minimum atomic E-state index is -3.74. The number of carbonyl (C=O) groups is 1. The fourth-order valence-electron chi connectivity index (χ4n) is 2.86. The summed E-state index contributed by atoms with van der Waals surface area (Å²) in [6.07, 6.45) is 0. The van der Waals surface area contributed by atoms with Crippen LogP contribution in [0.4, 0.5) is 5.13 Å². The molecule has 1 amide bonds. The maximum Gasteiger partial charge on any atom is 0.241 e. The number of sulfone groups is 1. The van der Waals surface area contributed by atoms with Crippen LogP contribution in [-0.4, -0.2) is 25.1 Å². The Balaban J connectivity index is 1.54. The van der Waals surface area contributed by atoms with Gasteiger partial charge < -0.3 is 5.32 Å². The maximum absolute atomic E-state index is 12.6. The lowest BCUT2D eigenvalue weighted by molar-refractivity contribution is -0.113. The molecule has 7 heteroatoms. The molecule has 0 aliphatic rings. The average Bonchev–Trinajstić information content (AvgIpc) is 3.01. The Morgan fingerprint density at radius 3 is 2.63 bits per heavy atom. The van der Waals surface area contributed by atoms with Crippen molar-refractivity contribution in [1.82, 2.24) is 4.98 Å². The molecule has 0 saturated carbocycles. The minimum absolute atomic E-state index is 0.135. The first-order valence-electron chi connectivity index (χ1n) is 8.29. The van der Waals surface area contributed by atoms with E-state index in [0.29, 0.717) is 5.13 Å². The Hall–Kier alpha value is -2.77. The fraction of sp³-hybridized carbons (Fsp3) is 0.100. The summed E-state index contributed by atoms with van der Waals surface area (Å²) < 4.78 is 26.2. The Kier molecular flexibility index (Phi) is 4.41. The van der Waals surface area contributed by atoms with Gasteiger partial charge in [0.2, 0.25) is 5.91 Å². The maximum atomic E-state index is 12.6. The molecular weight excluding hydrogens is 380 g/mol. The molecule has 0 saturated heterocycles. The molecule has 0 radical (unpaired) electrons. The number of aryl methyl sites for hydroxylation is 1. The van der Waals surface area contributed by atoms with E-state index in [1.54, 1.807) is 12.1 Å². The first kappa shape index (κ1) is 17.6. The third-order valence-electron chi connectivity index (χ3n) is 4.19. The summed E-state index contributed by atoms with van der Waals surface area (Å²) in [5.41, 5.74) is 1.88. The first-order valence-corrected chi connectivity index (χ1v) is 10.8. The molecule has 0 bridgehead atoms. The summed E-state index contributed by atoms with van der Waals surface area (Å²) in [5.74, 6) is -1.22. The highest BCUT2D eigenvalue weighted by Gasteiger charge is 2.20. The first-order chi connectivity index (χ1) is 12.9. The Bertz CT molecular complexity index is 1280. The zero-order valence-corrected chi connectivity index (χ0v) is 16.1. The van der Waals surface area contributed by atoms with Gasteiger partial charge in [-0.1, -0.05) is 47.7 Å². The van der Waals surface area contributed by atoms with Crippen LogP contribution in [0.3, 0.4) is 0 Å². The zero-order chi connectivity index (χ0) is 19.0. The van der Waals surface area contributed by atoms with Gasteiger partial charge >= 0.3 is 0 Å². The molecule has 4 rings (SSSR count). The van der Waals surface area contributed by atoms with E-state index in [2.05, 4.69) is 10.3 Å². The van der Waals surface area contributed by atoms with E-state index in [9.17, 15) is 13.2 Å². The summed E-state index contributed by atoms with van der Waals surface area (Å²) in [7, 11) is -3.74. The lowest BCUT2D eigenvalue weighted by atomic mass is 10.1. The van der Waals surface area contributed by atoms with Crippen molar-refractivity contribution >= 4 is 53.2 Å². The predicted molar refractivity (Wildman–Crippen MR) is 109 cm³/mol. The topological polar surface area (TPSA) is 76.1 Å². The second kappa shape index (κ2) is 6.75. The molecule has 136 valence electrons. The van der Waals surface area contributed by atoms with Crippen LogP contribution in [0.2, 0.25) is 0 Å². The number of rotatable bonds is 4. The predicted octanol–water partition coefficient (Wildman–Crippen LogP) is 4.17. The van der Waals surface area contributed by atoms with Crippen LogP contribution in [0.25, 0.3) is 21.0 Å². The van der Waals surface area contributed by atoms with Gasteiger partial charge in [-0.2, -0.15) is 0 Å². The summed E-state index contributed by atoms with van der Waals surface area (Å²) in [6, 6.07) is 18.2. The number of nitrogens with zero attached hydrogens (tertiary/aromatic N) is 1. The lowest BCUT2D eigenvalue weighted by Crippen LogP contribution is -2.22. The van der Waals surface area contributed by atoms with Crippen LogP contribution in [0.15, 0.2) is 65.6 Å². The summed E-state index contributed by atoms with van der Waals surface area (Å²) in [4.78, 5) is 16.7. The van der Waals surface area contributed by atoms with Gasteiger partial charge in [-0.25, -0.2) is 13.4 Å². The molecule has 0 aliphatic carbocycles. The molecule has 0 aliphatic heterocycles. The van der Waals surface area contributed by atoms with Crippen LogP contribution in [0, 0.1) is 6.92 Å². The number of benzene rings is 3. The van der Waals surface area contributed by atoms with Gasteiger partial charge in [0.05, 0.1) is 15.1 Å². The summed E-state index contributed by atoms with van der Waals surface area (Å²) in [5, 5.41) is 4.77. The van der Waals surface area contributed by atoms with E-state index in [0.717, 1.165) is 26.6 Å². The van der Waals surface area contributed by atoms with E-state index in [1.165, 1.54) is 17.4 Å². The highest BCUT2D eigenvalue weighted by atomic mass is 32.2. The van der Waals surface area contributed by atoms with Crippen molar-refractivity contribution in [3.63, 3.8) is 0 Å². The van der Waals surface area contributed by atoms with Crippen LogP contribution >= 0.6 is 11.3 Å². The molecule has 0 fully saturated rings. The molecule has 3 aromatic carbocycles. The van der Waals surface area contributed by atoms with Gasteiger partial charge in [0, 0.05) is 0 Å². The number of aromatic nitrogens is 1. The van der Waals surface area contributed by atoms with E-state index in [4.69, 9.17) is 0 Å². The smallest absolute Gasteiger partial charge is 0.241 e. The SMILES string of the molecule is Cc1ccc2nc(NC(=O)CS(=O)(=O)c3ccc4ccccc4c3)sc2c1. The van der Waals surface area contributed by atoms with E-state index < -0.39 is 21.5 Å². The van der Waals surface area contributed by atoms with E-state index in [1.807, 2.05) is 49.4 Å². The third kappa shape index (κ3) is 3.70. The van der Waals surface area contributed by atoms with Crippen molar-refractivity contribution in [1.29, 1.82) is 0 Å². The van der Waals surface area contributed by atoms with E-state index in [-0.39, 0.29) is 4.90 Å². The van der Waals surface area contributed by atoms with Crippen molar-refractivity contribution in [2.24, 2.45) is 0 Å². The number of hydrogen-bond acceptors (Lipinski definition) is 5. The molecule has 4 aromatic rings. The second-order valence-corrected chi connectivity index (χ2v) is 9.33. The highest BCUT2D eigenvalue weighted by Crippen LogP contribution is 2.27. The second-order valence-electron chi connectivity index (χ2n) is 6.31. The molecule has 0 unspecified atom stereocenters. The van der Waals surface area contributed by atoms with Gasteiger partial charge in [-0.3, -0.25) is 4.79 Å². The molecule has 27 heavy (non-hydrogen) atoms. The van der Waals surface area contributed by atoms with Crippen LogP contribution < -0.4 is 5.32 Å². The third-order valence-corrected chi connectivity index (χ3v) is 6.74. The van der Waals surface area contributed by atoms with Crippen molar-refractivity contribution < 1.29 is 13.2 Å². The minimum Gasteiger partial charge on any atom is -0.301 e. The van der Waals surface area contributed by atoms with E-state index >= 15 is 0 Å². The number of nitrogens with one attached hydrogen (secondary N) is 1. The highest BCUT2D eigenvalue weighted by molar-refractivity contribution is 7.92. The number of anilines is 1. The Labute approximate surface area is 160 Å². The van der Waals surface area contributed by atoms with Gasteiger partial charge in [-0.05, 0) is 47.5 Å². The Morgan fingerprint density at radius 1 is 1.04 bits per heavy atom. The fourth-order valence-corrected chi connectivity index (χ4v) is 5.00. The zero-order valence-electron chi connectivity index (χ0n) is 14.5. The number of amides is 1.